The zero-order valence-electron chi connectivity index (χ0n) is 7.92. The van der Waals surface area contributed by atoms with Gasteiger partial charge in [-0.1, -0.05) is 0 Å². The van der Waals surface area contributed by atoms with Gasteiger partial charge in [-0.15, -0.1) is 0 Å². The largest absolute Gasteiger partial charge is 0.395 e. The molecule has 5 heteroatoms. The molecule has 0 atom stereocenters. The number of carbonyl (C=O) groups is 1. The fraction of sp³-hybridized carbons (Fsp3) is 0.875. The summed E-state index contributed by atoms with van der Waals surface area (Å²) >= 11 is 0. The van der Waals surface area contributed by atoms with Gasteiger partial charge in [-0.05, 0) is 6.92 Å². The van der Waals surface area contributed by atoms with Crippen molar-refractivity contribution in [3.63, 3.8) is 0 Å². The third-order valence-electron chi connectivity index (χ3n) is 1.60. The average molecular weight is 190 g/mol. The molecule has 0 aliphatic carbocycles. The molecule has 4 N–H and O–H groups in total. The lowest BCUT2D eigenvalue weighted by molar-refractivity contribution is -0.120. The zero-order chi connectivity index (χ0) is 10.1. The maximum Gasteiger partial charge on any atom is 0.221 e. The van der Waals surface area contributed by atoms with Crippen LogP contribution in [0.15, 0.2) is 0 Å². The van der Waals surface area contributed by atoms with Crippen LogP contribution in [-0.2, 0) is 4.79 Å². The Morgan fingerprint density at radius 3 is 2.46 bits per heavy atom. The van der Waals surface area contributed by atoms with E-state index in [1.54, 1.807) is 0 Å². The highest BCUT2D eigenvalue weighted by molar-refractivity contribution is 5.75. The molecule has 13 heavy (non-hydrogen) atoms. The maximum atomic E-state index is 10.9. The van der Waals surface area contributed by atoms with Crippen LogP contribution in [0.1, 0.15) is 13.3 Å². The van der Waals surface area contributed by atoms with Gasteiger partial charge in [-0.25, -0.2) is 0 Å². The van der Waals surface area contributed by atoms with E-state index in [-0.39, 0.29) is 25.2 Å². The number of aliphatic hydroxyl groups excluding tert-OH is 2. The summed E-state index contributed by atoms with van der Waals surface area (Å²) in [4.78, 5) is 10.9. The maximum absolute atomic E-state index is 10.9. The van der Waals surface area contributed by atoms with E-state index in [4.69, 9.17) is 10.2 Å². The normalized spacial score (nSPS) is 10.5. The first kappa shape index (κ1) is 12.3. The number of nitrogens with one attached hydrogen (secondary N) is 2. The molecule has 0 aromatic heterocycles. The van der Waals surface area contributed by atoms with Crippen LogP contribution in [-0.4, -0.2) is 48.5 Å². The summed E-state index contributed by atoms with van der Waals surface area (Å²) in [6.07, 6.45) is 0.365. The molecule has 0 radical (unpaired) electrons. The van der Waals surface area contributed by atoms with Gasteiger partial charge in [0, 0.05) is 19.5 Å². The lowest BCUT2D eigenvalue weighted by atomic mass is 10.3. The van der Waals surface area contributed by atoms with E-state index in [0.29, 0.717) is 19.5 Å². The van der Waals surface area contributed by atoms with Crippen molar-refractivity contribution >= 4 is 5.91 Å². The van der Waals surface area contributed by atoms with Crippen LogP contribution in [0.5, 0.6) is 0 Å². The Labute approximate surface area is 78.1 Å². The van der Waals surface area contributed by atoms with Crippen LogP contribution in [0, 0.1) is 0 Å². The number of aliphatic hydroxyl groups is 2. The van der Waals surface area contributed by atoms with Crippen molar-refractivity contribution in [1.29, 1.82) is 0 Å². The highest BCUT2D eigenvalue weighted by Gasteiger charge is 2.05. The highest BCUT2D eigenvalue weighted by atomic mass is 16.3. The van der Waals surface area contributed by atoms with Gasteiger partial charge in [-0.3, -0.25) is 4.79 Å². The Kier molecular flexibility index (Phi) is 7.57. The zero-order valence-corrected chi connectivity index (χ0v) is 7.92. The molecule has 0 saturated heterocycles. The Bertz CT molecular complexity index is 137. The van der Waals surface area contributed by atoms with E-state index < -0.39 is 0 Å². The van der Waals surface area contributed by atoms with E-state index in [0.717, 1.165) is 0 Å². The number of hydrogen-bond donors (Lipinski definition) is 4. The molecule has 0 rings (SSSR count). The minimum atomic E-state index is -0.325. The fourth-order valence-electron chi connectivity index (χ4n) is 0.862. The standard InChI is InChI=1S/C8H18N2O3/c1-2-9-8(13)3-4-10-7(5-11)6-12/h7,10-12H,2-6H2,1H3,(H,9,13). The van der Waals surface area contributed by atoms with E-state index >= 15 is 0 Å². The van der Waals surface area contributed by atoms with Gasteiger partial charge in [0.2, 0.25) is 5.91 Å². The van der Waals surface area contributed by atoms with Crippen LogP contribution in [0.3, 0.4) is 0 Å². The van der Waals surface area contributed by atoms with Crippen LogP contribution in [0.4, 0.5) is 0 Å². The first-order chi connectivity index (χ1) is 6.24. The Morgan fingerprint density at radius 2 is 2.00 bits per heavy atom. The first-order valence-electron chi connectivity index (χ1n) is 4.46. The second-order valence-electron chi connectivity index (χ2n) is 2.72. The smallest absolute Gasteiger partial charge is 0.221 e. The van der Waals surface area contributed by atoms with Crippen molar-refractivity contribution in [2.75, 3.05) is 26.3 Å². The van der Waals surface area contributed by atoms with E-state index in [9.17, 15) is 4.79 Å². The Hall–Kier alpha value is -0.650. The lowest BCUT2D eigenvalue weighted by Crippen LogP contribution is -2.38. The Balaban J connectivity index is 3.37. The SMILES string of the molecule is CCNC(=O)CCNC(CO)CO. The molecule has 0 unspecified atom stereocenters. The van der Waals surface area contributed by atoms with Crippen LogP contribution in [0.2, 0.25) is 0 Å². The molecule has 0 saturated carbocycles. The van der Waals surface area contributed by atoms with E-state index in [1.165, 1.54) is 0 Å². The lowest BCUT2D eigenvalue weighted by Gasteiger charge is -2.12. The quantitative estimate of drug-likeness (QED) is 0.392. The molecule has 0 aromatic carbocycles. The monoisotopic (exact) mass is 190 g/mol. The van der Waals surface area contributed by atoms with Gasteiger partial charge < -0.3 is 20.8 Å². The molecule has 0 spiro atoms. The average Bonchev–Trinajstić information content (AvgIpc) is 2.13. The van der Waals surface area contributed by atoms with Gasteiger partial charge >= 0.3 is 0 Å². The molecule has 0 aliphatic heterocycles. The molecule has 0 bridgehead atoms. The second-order valence-corrected chi connectivity index (χ2v) is 2.72. The summed E-state index contributed by atoms with van der Waals surface area (Å²) in [7, 11) is 0. The number of hydrogen-bond acceptors (Lipinski definition) is 4. The van der Waals surface area contributed by atoms with Gasteiger partial charge in [-0.2, -0.15) is 0 Å². The number of amides is 1. The third-order valence-corrected chi connectivity index (χ3v) is 1.60. The molecule has 0 aliphatic rings. The molecule has 1 amide bonds. The molecular formula is C8H18N2O3. The van der Waals surface area contributed by atoms with Crippen LogP contribution < -0.4 is 10.6 Å². The molecular weight excluding hydrogens is 172 g/mol. The molecule has 0 aromatic rings. The predicted octanol–water partition coefficient (Wildman–Crippen LogP) is -1.54. The van der Waals surface area contributed by atoms with Crippen molar-refractivity contribution in [2.45, 2.75) is 19.4 Å². The molecule has 5 nitrogen and oxygen atoms in total. The summed E-state index contributed by atoms with van der Waals surface area (Å²) in [6, 6.07) is -0.325. The van der Waals surface area contributed by atoms with Crippen LogP contribution >= 0.6 is 0 Å². The van der Waals surface area contributed by atoms with Crippen molar-refractivity contribution in [3.8, 4) is 0 Å². The van der Waals surface area contributed by atoms with Gasteiger partial charge in [0.05, 0.1) is 19.3 Å². The second kappa shape index (κ2) is 7.97. The molecule has 0 fully saturated rings. The van der Waals surface area contributed by atoms with E-state index in [2.05, 4.69) is 10.6 Å². The van der Waals surface area contributed by atoms with Crippen LogP contribution in [0.25, 0.3) is 0 Å². The van der Waals surface area contributed by atoms with Crippen molar-refractivity contribution in [2.24, 2.45) is 0 Å². The number of carbonyl (C=O) groups excluding carboxylic acids is 1. The first-order valence-corrected chi connectivity index (χ1v) is 4.46. The van der Waals surface area contributed by atoms with Gasteiger partial charge in [0.1, 0.15) is 0 Å². The molecule has 0 heterocycles. The topological polar surface area (TPSA) is 81.6 Å². The van der Waals surface area contributed by atoms with Crippen molar-refractivity contribution in [3.05, 3.63) is 0 Å². The van der Waals surface area contributed by atoms with E-state index in [1.807, 2.05) is 6.92 Å². The molecule has 78 valence electrons. The predicted molar refractivity (Wildman–Crippen MR) is 49.3 cm³/mol. The number of rotatable bonds is 7. The fourth-order valence-corrected chi connectivity index (χ4v) is 0.862. The Morgan fingerprint density at radius 1 is 1.38 bits per heavy atom. The summed E-state index contributed by atoms with van der Waals surface area (Å²) in [5, 5.41) is 22.8. The summed E-state index contributed by atoms with van der Waals surface area (Å²) < 4.78 is 0. The minimum absolute atomic E-state index is 0.0235. The summed E-state index contributed by atoms with van der Waals surface area (Å²) in [5.41, 5.74) is 0. The highest BCUT2D eigenvalue weighted by Crippen LogP contribution is 1.82. The van der Waals surface area contributed by atoms with Gasteiger partial charge in [0.15, 0.2) is 0 Å². The summed E-state index contributed by atoms with van der Waals surface area (Å²) in [5.74, 6) is -0.0235. The summed E-state index contributed by atoms with van der Waals surface area (Å²) in [6.45, 7) is 2.72. The van der Waals surface area contributed by atoms with Crippen molar-refractivity contribution < 1.29 is 15.0 Å². The van der Waals surface area contributed by atoms with Gasteiger partial charge in [0.25, 0.3) is 0 Å². The van der Waals surface area contributed by atoms with Crippen molar-refractivity contribution in [1.82, 2.24) is 10.6 Å². The third kappa shape index (κ3) is 6.51. The minimum Gasteiger partial charge on any atom is -0.395 e.